The zero-order valence-electron chi connectivity index (χ0n) is 28.6. The Morgan fingerprint density at radius 3 is 2.46 bits per heavy atom. The van der Waals surface area contributed by atoms with Gasteiger partial charge in [0.1, 0.15) is 24.5 Å². The van der Waals surface area contributed by atoms with Crippen LogP contribution >= 0.6 is 18.9 Å². The van der Waals surface area contributed by atoms with E-state index >= 15 is 0 Å². The minimum Gasteiger partial charge on any atom is -0.366 e. The zero-order chi connectivity index (χ0) is 37.4. The number of primary amides is 1. The molecule has 3 aromatic carbocycles. The highest BCUT2D eigenvalue weighted by Crippen LogP contribution is 2.34. The maximum absolute atomic E-state index is 14.2. The third-order valence-electron chi connectivity index (χ3n) is 8.88. The molecule has 0 aliphatic carbocycles. The van der Waals surface area contributed by atoms with Gasteiger partial charge in [0.05, 0.1) is 6.61 Å². The third kappa shape index (κ3) is 10.0. The molecule has 0 spiro atoms. The van der Waals surface area contributed by atoms with E-state index in [1.165, 1.54) is 23.2 Å². The molecular formula is C36H42N5O9PS. The number of carbonyl (C=O) groups excluding carboxylic acids is 5. The minimum absolute atomic E-state index is 0.0355. The maximum Gasteiger partial charge on any atom is 0.350 e. The molecule has 4 aromatic rings. The highest BCUT2D eigenvalue weighted by molar-refractivity contribution is 7.51. The summed E-state index contributed by atoms with van der Waals surface area (Å²) in [7, 11) is -4.65. The molecule has 0 radical (unpaired) electrons. The summed E-state index contributed by atoms with van der Waals surface area (Å²) < 4.78 is 17.8. The summed E-state index contributed by atoms with van der Waals surface area (Å²) in [5.74, 6) is -2.66. The SMILES string of the molecule is CC(=O)NC(Cc1csc2ccccc12)C(=O)NC(COCP(=O)(O)O)C(=O)N1CCCCC1C(=O)N(CCc1ccc2ccccc2c1)C(N)=O. The molecule has 6 N–H and O–H groups in total. The largest absolute Gasteiger partial charge is 0.366 e. The van der Waals surface area contributed by atoms with Gasteiger partial charge < -0.3 is 35.8 Å². The number of imide groups is 1. The number of nitrogens with two attached hydrogens (primary N) is 1. The number of nitrogens with zero attached hydrogens (tertiary/aromatic N) is 2. The molecule has 1 aliphatic heterocycles. The molecule has 0 bridgehead atoms. The Balaban J connectivity index is 1.35. The summed E-state index contributed by atoms with van der Waals surface area (Å²) >= 11 is 1.48. The first-order valence-electron chi connectivity index (χ1n) is 16.8. The van der Waals surface area contributed by atoms with Crippen molar-refractivity contribution in [1.82, 2.24) is 20.4 Å². The number of likely N-dealkylation sites (tertiary alicyclic amines) is 1. The molecular weight excluding hydrogens is 709 g/mol. The van der Waals surface area contributed by atoms with Gasteiger partial charge in [-0.15, -0.1) is 11.3 Å². The smallest absolute Gasteiger partial charge is 0.350 e. The van der Waals surface area contributed by atoms with Crippen molar-refractivity contribution in [3.8, 4) is 0 Å². The average Bonchev–Trinajstić information content (AvgIpc) is 3.52. The van der Waals surface area contributed by atoms with E-state index < -0.39 is 68.3 Å². The van der Waals surface area contributed by atoms with Crippen LogP contribution in [0.1, 0.15) is 37.3 Å². The fraction of sp³-hybridized carbons (Fsp3) is 0.361. The Hall–Kier alpha value is -4.66. The van der Waals surface area contributed by atoms with Crippen molar-refractivity contribution in [1.29, 1.82) is 0 Å². The van der Waals surface area contributed by atoms with Gasteiger partial charge in [0.15, 0.2) is 0 Å². The van der Waals surface area contributed by atoms with Crippen LogP contribution in [-0.2, 0) is 41.3 Å². The summed E-state index contributed by atoms with van der Waals surface area (Å²) in [5.41, 5.74) is 7.37. The second-order valence-corrected chi connectivity index (χ2v) is 15.2. The molecule has 2 heterocycles. The first-order valence-corrected chi connectivity index (χ1v) is 19.5. The van der Waals surface area contributed by atoms with Crippen LogP contribution in [0.2, 0.25) is 0 Å². The number of amides is 6. The number of thiophene rings is 1. The third-order valence-corrected chi connectivity index (χ3v) is 10.4. The predicted molar refractivity (Wildman–Crippen MR) is 196 cm³/mol. The number of rotatable bonds is 14. The Morgan fingerprint density at radius 1 is 1.00 bits per heavy atom. The van der Waals surface area contributed by atoms with Crippen LogP contribution in [0.5, 0.6) is 0 Å². The molecule has 1 fully saturated rings. The number of nitrogens with one attached hydrogen (secondary N) is 2. The molecule has 16 heteroatoms. The lowest BCUT2D eigenvalue weighted by molar-refractivity contribution is -0.149. The van der Waals surface area contributed by atoms with Gasteiger partial charge in [0, 0.05) is 31.1 Å². The number of fused-ring (bicyclic) bond motifs is 2. The van der Waals surface area contributed by atoms with Gasteiger partial charge in [-0.25, -0.2) is 4.79 Å². The van der Waals surface area contributed by atoms with Crippen LogP contribution in [0.15, 0.2) is 72.1 Å². The number of ether oxygens (including phenoxy) is 1. The van der Waals surface area contributed by atoms with E-state index in [1.807, 2.05) is 72.1 Å². The molecule has 276 valence electrons. The van der Waals surface area contributed by atoms with Crippen molar-refractivity contribution in [2.24, 2.45) is 5.73 Å². The van der Waals surface area contributed by atoms with Crippen LogP contribution in [-0.4, -0.2) is 93.4 Å². The Bertz CT molecular complexity index is 2000. The molecule has 0 saturated carbocycles. The molecule has 3 atom stereocenters. The van der Waals surface area contributed by atoms with Crippen LogP contribution in [0.3, 0.4) is 0 Å². The molecule has 1 aliphatic rings. The number of urea groups is 1. The molecule has 14 nitrogen and oxygen atoms in total. The van der Waals surface area contributed by atoms with Gasteiger partial charge >= 0.3 is 13.6 Å². The van der Waals surface area contributed by atoms with Gasteiger partial charge in [-0.1, -0.05) is 60.7 Å². The molecule has 3 unspecified atom stereocenters. The van der Waals surface area contributed by atoms with E-state index in [4.69, 9.17) is 10.5 Å². The number of carbonyl (C=O) groups is 5. The van der Waals surface area contributed by atoms with Crippen molar-refractivity contribution in [3.05, 3.63) is 83.2 Å². The molecule has 1 aromatic heterocycles. The highest BCUT2D eigenvalue weighted by Gasteiger charge is 2.40. The van der Waals surface area contributed by atoms with Crippen molar-refractivity contribution >= 4 is 69.5 Å². The van der Waals surface area contributed by atoms with Gasteiger partial charge in [0.2, 0.25) is 17.7 Å². The monoisotopic (exact) mass is 751 g/mol. The second kappa shape index (κ2) is 17.2. The topological polar surface area (TPSA) is 209 Å². The van der Waals surface area contributed by atoms with Gasteiger partial charge in [0.25, 0.3) is 5.91 Å². The highest BCUT2D eigenvalue weighted by atomic mass is 32.1. The van der Waals surface area contributed by atoms with E-state index in [-0.39, 0.29) is 25.9 Å². The summed E-state index contributed by atoms with van der Waals surface area (Å²) in [6, 6.07) is 16.5. The summed E-state index contributed by atoms with van der Waals surface area (Å²) in [5, 5.41) is 10.1. The summed E-state index contributed by atoms with van der Waals surface area (Å²) in [6.07, 6.45) is 0.701. The quantitative estimate of drug-likeness (QED) is 0.120. The van der Waals surface area contributed by atoms with E-state index in [1.54, 1.807) is 0 Å². The lowest BCUT2D eigenvalue weighted by atomic mass is 9.99. The Kier molecular flexibility index (Phi) is 12.8. The minimum atomic E-state index is -4.65. The summed E-state index contributed by atoms with van der Waals surface area (Å²) in [6.45, 7) is 0.689. The molecule has 5 rings (SSSR count). The fourth-order valence-electron chi connectivity index (χ4n) is 6.40. The number of hydrogen-bond donors (Lipinski definition) is 5. The van der Waals surface area contributed by atoms with Gasteiger partial charge in [-0.2, -0.15) is 0 Å². The first-order chi connectivity index (χ1) is 24.8. The van der Waals surface area contributed by atoms with Gasteiger partial charge in [-0.05, 0) is 64.4 Å². The molecule has 52 heavy (non-hydrogen) atoms. The van der Waals surface area contributed by atoms with Crippen molar-refractivity contribution in [2.75, 3.05) is 26.0 Å². The Morgan fingerprint density at radius 2 is 1.73 bits per heavy atom. The van der Waals surface area contributed by atoms with E-state index in [9.17, 15) is 38.3 Å². The standard InChI is InChI=1S/C36H42N5O9PS/c1-23(42)38-29(19-27-21-52-32-12-5-4-10-28(27)32)33(43)39-30(20-50-22-51(47,48)49)34(44)40-16-7-6-11-31(40)35(45)41(36(37)46)17-15-24-13-14-25-8-2-3-9-26(25)18-24/h2-5,8-10,12-14,18,21,29-31H,6-7,11,15-17,19-20,22H2,1H3,(H2,37,46)(H,38,42)(H,39,43)(H2,47,48,49). The number of benzene rings is 3. The van der Waals surface area contributed by atoms with Crippen molar-refractivity contribution in [3.63, 3.8) is 0 Å². The molecule has 1 saturated heterocycles. The van der Waals surface area contributed by atoms with E-state index in [0.717, 1.165) is 36.9 Å². The van der Waals surface area contributed by atoms with Crippen molar-refractivity contribution < 1.29 is 43.1 Å². The van der Waals surface area contributed by atoms with Crippen LogP contribution in [0.25, 0.3) is 20.9 Å². The average molecular weight is 752 g/mol. The molecule has 6 amide bonds. The van der Waals surface area contributed by atoms with Gasteiger partial charge in [-0.3, -0.25) is 28.6 Å². The Labute approximate surface area is 304 Å². The number of hydrogen-bond acceptors (Lipinski definition) is 8. The zero-order valence-corrected chi connectivity index (χ0v) is 30.3. The normalized spacial score (nSPS) is 15.9. The number of piperidine rings is 1. The van der Waals surface area contributed by atoms with Crippen LogP contribution in [0, 0.1) is 0 Å². The summed E-state index contributed by atoms with van der Waals surface area (Å²) in [4.78, 5) is 87.7. The van der Waals surface area contributed by atoms with Crippen LogP contribution < -0.4 is 16.4 Å². The van der Waals surface area contributed by atoms with E-state index in [2.05, 4.69) is 10.6 Å². The predicted octanol–water partition coefficient (Wildman–Crippen LogP) is 3.27. The first kappa shape index (κ1) is 38.6. The van der Waals surface area contributed by atoms with Crippen LogP contribution in [0.4, 0.5) is 4.79 Å². The lowest BCUT2D eigenvalue weighted by Gasteiger charge is -2.38. The second-order valence-electron chi connectivity index (χ2n) is 12.7. The maximum atomic E-state index is 14.2. The fourth-order valence-corrected chi connectivity index (χ4v) is 7.72. The van der Waals surface area contributed by atoms with Crippen molar-refractivity contribution in [2.45, 2.75) is 57.2 Å². The van der Waals surface area contributed by atoms with E-state index in [0.29, 0.717) is 19.3 Å². The lowest BCUT2D eigenvalue weighted by Crippen LogP contribution is -2.61.